The zero-order valence-electron chi connectivity index (χ0n) is 22.0. The summed E-state index contributed by atoms with van der Waals surface area (Å²) in [5.41, 5.74) is 7.36. The van der Waals surface area contributed by atoms with Crippen molar-refractivity contribution >= 4 is 11.8 Å². The topological polar surface area (TPSA) is 85.1 Å². The van der Waals surface area contributed by atoms with Gasteiger partial charge < -0.3 is 20.1 Å². The monoisotopic (exact) mass is 497 g/mol. The molecule has 0 radical (unpaired) electrons. The van der Waals surface area contributed by atoms with Crippen molar-refractivity contribution in [2.45, 2.75) is 102 Å². The third kappa shape index (κ3) is 5.79. The molecule has 4 aliphatic rings. The van der Waals surface area contributed by atoms with Gasteiger partial charge in [0.1, 0.15) is 0 Å². The summed E-state index contributed by atoms with van der Waals surface area (Å²) in [4.78, 5) is 30.0. The number of ether oxygens (including phenoxy) is 2. The molecule has 3 heterocycles. The summed E-state index contributed by atoms with van der Waals surface area (Å²) in [5.74, 6) is 0.0999. The molecule has 0 aromatic heterocycles. The molecule has 5 rings (SSSR count). The number of fused-ring (bicyclic) bond motifs is 2. The van der Waals surface area contributed by atoms with Gasteiger partial charge in [-0.05, 0) is 81.9 Å². The van der Waals surface area contributed by atoms with Gasteiger partial charge in [0, 0.05) is 37.3 Å². The number of nitrogens with two attached hydrogens (primary N) is 1. The summed E-state index contributed by atoms with van der Waals surface area (Å²) in [6, 6.07) is 8.94. The van der Waals surface area contributed by atoms with Crippen LogP contribution in [0, 0.1) is 5.92 Å². The fraction of sp³-hybridized carbons (Fsp3) is 0.724. The maximum Gasteiger partial charge on any atom is 0.254 e. The Hall–Kier alpha value is -1.96. The minimum absolute atomic E-state index is 0.0941. The standard InChI is InChI=1S/C29H43N3O4/c1-29(2)35-19-26(36-29)28(34)31(18-20-7-4-3-5-8-20)13-14-32-24-11-12-25(32)17-23(16-24)21-9-6-10-22(15-21)27(30)33/h6,9-10,15,20,23-26H,3-5,7-8,11-14,16-19H2,1-2H3,(H2,30,33)/t23?,24-,25+,26-/m0/s1. The second-order valence-corrected chi connectivity index (χ2v) is 11.9. The molecule has 7 nitrogen and oxygen atoms in total. The first-order valence-electron chi connectivity index (χ1n) is 14.0. The molecule has 1 aliphatic carbocycles. The van der Waals surface area contributed by atoms with Crippen molar-refractivity contribution < 1.29 is 19.1 Å². The minimum atomic E-state index is -0.691. The lowest BCUT2D eigenvalue weighted by atomic mass is 9.84. The lowest BCUT2D eigenvalue weighted by Gasteiger charge is -2.41. The third-order valence-electron chi connectivity index (χ3n) is 8.95. The molecule has 1 unspecified atom stereocenters. The quantitative estimate of drug-likeness (QED) is 0.586. The molecule has 0 spiro atoms. The summed E-state index contributed by atoms with van der Waals surface area (Å²) in [6.07, 6.45) is 10.4. The number of amides is 2. The Bertz CT molecular complexity index is 930. The van der Waals surface area contributed by atoms with Gasteiger partial charge >= 0.3 is 0 Å². The van der Waals surface area contributed by atoms with Crippen LogP contribution in [-0.4, -0.2) is 71.8 Å². The largest absolute Gasteiger partial charge is 0.366 e. The van der Waals surface area contributed by atoms with Gasteiger partial charge in [-0.1, -0.05) is 31.4 Å². The van der Waals surface area contributed by atoms with Crippen molar-refractivity contribution in [3.8, 4) is 0 Å². The molecule has 2 N–H and O–H groups in total. The van der Waals surface area contributed by atoms with E-state index in [1.165, 1.54) is 50.5 Å². The summed E-state index contributed by atoms with van der Waals surface area (Å²) in [6.45, 7) is 6.61. The van der Waals surface area contributed by atoms with Crippen LogP contribution in [-0.2, 0) is 14.3 Å². The van der Waals surface area contributed by atoms with Crippen LogP contribution in [0.25, 0.3) is 0 Å². The maximum atomic E-state index is 13.5. The minimum Gasteiger partial charge on any atom is -0.366 e. The van der Waals surface area contributed by atoms with E-state index in [0.717, 1.165) is 32.5 Å². The third-order valence-corrected chi connectivity index (χ3v) is 8.95. The number of carbonyl (C=O) groups excluding carboxylic acids is 2. The number of piperidine rings is 1. The Morgan fingerprint density at radius 1 is 1.08 bits per heavy atom. The molecule has 3 saturated heterocycles. The second-order valence-electron chi connectivity index (χ2n) is 11.9. The van der Waals surface area contributed by atoms with Gasteiger partial charge in [-0.3, -0.25) is 14.5 Å². The summed E-state index contributed by atoms with van der Waals surface area (Å²) in [7, 11) is 0. The first kappa shape index (κ1) is 25.7. The van der Waals surface area contributed by atoms with E-state index in [1.807, 2.05) is 26.0 Å². The van der Waals surface area contributed by atoms with E-state index in [2.05, 4.69) is 15.9 Å². The van der Waals surface area contributed by atoms with Crippen molar-refractivity contribution in [1.82, 2.24) is 9.80 Å². The summed E-state index contributed by atoms with van der Waals surface area (Å²) < 4.78 is 11.7. The average molecular weight is 498 g/mol. The van der Waals surface area contributed by atoms with Gasteiger partial charge in [0.05, 0.1) is 6.61 Å². The van der Waals surface area contributed by atoms with Crippen molar-refractivity contribution in [2.75, 3.05) is 26.2 Å². The molecule has 7 heteroatoms. The lowest BCUT2D eigenvalue weighted by molar-refractivity contribution is -0.161. The highest BCUT2D eigenvalue weighted by Crippen LogP contribution is 2.43. The predicted octanol–water partition coefficient (Wildman–Crippen LogP) is 4.06. The van der Waals surface area contributed by atoms with E-state index < -0.39 is 11.9 Å². The first-order chi connectivity index (χ1) is 17.3. The Labute approximate surface area is 215 Å². The average Bonchev–Trinajstić information content (AvgIpc) is 3.35. The van der Waals surface area contributed by atoms with Gasteiger partial charge in [0.2, 0.25) is 5.91 Å². The number of carbonyl (C=O) groups is 2. The number of rotatable bonds is 8. The normalized spacial score (nSPS) is 30.4. The molecule has 4 atom stereocenters. The van der Waals surface area contributed by atoms with Crippen LogP contribution in [0.2, 0.25) is 0 Å². The molecule has 36 heavy (non-hydrogen) atoms. The Morgan fingerprint density at radius 3 is 2.44 bits per heavy atom. The summed E-state index contributed by atoms with van der Waals surface area (Å²) in [5, 5.41) is 0. The van der Waals surface area contributed by atoms with Gasteiger partial charge in [0.25, 0.3) is 5.91 Å². The molecule has 4 fully saturated rings. The summed E-state index contributed by atoms with van der Waals surface area (Å²) >= 11 is 0. The van der Waals surface area contributed by atoms with Gasteiger partial charge in [-0.2, -0.15) is 0 Å². The van der Waals surface area contributed by atoms with Gasteiger partial charge in [0.15, 0.2) is 11.9 Å². The number of hydrogen-bond acceptors (Lipinski definition) is 5. The van der Waals surface area contributed by atoms with Crippen LogP contribution in [0.15, 0.2) is 24.3 Å². The van der Waals surface area contributed by atoms with Crippen molar-refractivity contribution in [2.24, 2.45) is 11.7 Å². The fourth-order valence-electron chi connectivity index (χ4n) is 7.08. The van der Waals surface area contributed by atoms with Crippen molar-refractivity contribution in [3.05, 3.63) is 35.4 Å². The Balaban J connectivity index is 1.23. The predicted molar refractivity (Wildman–Crippen MR) is 139 cm³/mol. The van der Waals surface area contributed by atoms with Gasteiger partial charge in [-0.25, -0.2) is 0 Å². The zero-order valence-corrected chi connectivity index (χ0v) is 22.0. The van der Waals surface area contributed by atoms with Crippen LogP contribution in [0.1, 0.15) is 93.5 Å². The van der Waals surface area contributed by atoms with Crippen molar-refractivity contribution in [3.63, 3.8) is 0 Å². The molecule has 1 aromatic carbocycles. The highest BCUT2D eigenvalue weighted by molar-refractivity contribution is 5.92. The van der Waals surface area contributed by atoms with E-state index in [9.17, 15) is 9.59 Å². The number of benzene rings is 1. The zero-order chi connectivity index (χ0) is 25.3. The maximum absolute atomic E-state index is 13.5. The van der Waals surface area contributed by atoms with E-state index in [0.29, 0.717) is 36.1 Å². The van der Waals surface area contributed by atoms with Crippen LogP contribution in [0.3, 0.4) is 0 Å². The smallest absolute Gasteiger partial charge is 0.254 e. The van der Waals surface area contributed by atoms with E-state index >= 15 is 0 Å². The molecule has 198 valence electrons. The van der Waals surface area contributed by atoms with Crippen LogP contribution in [0.5, 0.6) is 0 Å². The SMILES string of the molecule is CC1(C)OC[C@@H](C(=O)N(CCN2[C@@H]3CC[C@H]2CC(c2cccc(C(N)=O)c2)C3)CC2CCCCC2)O1. The van der Waals surface area contributed by atoms with E-state index in [4.69, 9.17) is 15.2 Å². The lowest BCUT2D eigenvalue weighted by Crippen LogP contribution is -2.50. The van der Waals surface area contributed by atoms with Crippen LogP contribution in [0.4, 0.5) is 0 Å². The molecular formula is C29H43N3O4. The molecule has 3 aliphatic heterocycles. The molecule has 2 amide bonds. The van der Waals surface area contributed by atoms with Crippen LogP contribution >= 0.6 is 0 Å². The van der Waals surface area contributed by atoms with E-state index in [-0.39, 0.29) is 11.8 Å². The Kier molecular flexibility index (Phi) is 7.70. The second kappa shape index (κ2) is 10.8. The number of nitrogens with zero attached hydrogens (tertiary/aromatic N) is 2. The van der Waals surface area contributed by atoms with E-state index in [1.54, 1.807) is 6.07 Å². The fourth-order valence-corrected chi connectivity index (χ4v) is 7.08. The molecule has 1 aromatic rings. The highest BCUT2D eigenvalue weighted by atomic mass is 16.7. The molecule has 2 bridgehead atoms. The number of hydrogen-bond donors (Lipinski definition) is 1. The molecular weight excluding hydrogens is 454 g/mol. The first-order valence-corrected chi connectivity index (χ1v) is 14.0. The van der Waals surface area contributed by atoms with Crippen LogP contribution < -0.4 is 5.73 Å². The number of primary amides is 1. The molecule has 1 saturated carbocycles. The Morgan fingerprint density at radius 2 is 1.81 bits per heavy atom. The highest BCUT2D eigenvalue weighted by Gasteiger charge is 2.43. The van der Waals surface area contributed by atoms with Crippen molar-refractivity contribution in [1.29, 1.82) is 0 Å². The van der Waals surface area contributed by atoms with Gasteiger partial charge in [-0.15, -0.1) is 0 Å².